The Bertz CT molecular complexity index is 1120. The van der Waals surface area contributed by atoms with Crippen LogP contribution in [-0.4, -0.2) is 45.3 Å². The molecule has 0 aliphatic heterocycles. The fourth-order valence-electron chi connectivity index (χ4n) is 3.70. The molecule has 1 aromatic carbocycles. The van der Waals surface area contributed by atoms with Gasteiger partial charge in [-0.15, -0.1) is 0 Å². The molecular weight excluding hydrogens is 462 g/mol. The molecule has 0 fully saturated rings. The number of imidazole rings is 1. The Labute approximate surface area is 192 Å². The van der Waals surface area contributed by atoms with Gasteiger partial charge in [-0.05, 0) is 55.2 Å². The van der Waals surface area contributed by atoms with Gasteiger partial charge in [0, 0.05) is 31.6 Å². The summed E-state index contributed by atoms with van der Waals surface area (Å²) in [6.45, 7) is 3.30. The van der Waals surface area contributed by atoms with Gasteiger partial charge in [-0.3, -0.25) is 0 Å². The minimum absolute atomic E-state index is 0.0576. The van der Waals surface area contributed by atoms with Crippen LogP contribution in [0.25, 0.3) is 16.8 Å². The Hall–Kier alpha value is -3.24. The number of alkyl halides is 6. The van der Waals surface area contributed by atoms with E-state index in [0.717, 1.165) is 21.7 Å². The second-order valence-electron chi connectivity index (χ2n) is 7.90. The minimum atomic E-state index is -5.00. The summed E-state index contributed by atoms with van der Waals surface area (Å²) in [5.41, 5.74) is 3.14. The number of amides is 2. The number of hydrogen-bond acceptors (Lipinski definition) is 2. The third-order valence-corrected chi connectivity index (χ3v) is 5.57. The second kappa shape index (κ2) is 9.94. The molecule has 0 spiro atoms. The molecule has 11 heteroatoms. The number of aromatic nitrogens is 2. The molecule has 0 saturated carbocycles. The van der Waals surface area contributed by atoms with Crippen LogP contribution in [-0.2, 0) is 0 Å². The summed E-state index contributed by atoms with van der Waals surface area (Å²) in [6.07, 6.45) is -7.35. The number of rotatable bonds is 7. The maximum atomic E-state index is 13.3. The molecule has 34 heavy (non-hydrogen) atoms. The van der Waals surface area contributed by atoms with Crippen molar-refractivity contribution in [1.82, 2.24) is 19.6 Å². The van der Waals surface area contributed by atoms with Crippen molar-refractivity contribution in [3.63, 3.8) is 0 Å². The van der Waals surface area contributed by atoms with E-state index >= 15 is 0 Å². The fourth-order valence-corrected chi connectivity index (χ4v) is 3.70. The van der Waals surface area contributed by atoms with Crippen LogP contribution < -0.4 is 5.32 Å². The van der Waals surface area contributed by atoms with Crippen LogP contribution in [0, 0.1) is 0 Å². The molecule has 184 valence electrons. The third-order valence-electron chi connectivity index (χ3n) is 5.57. The first-order valence-corrected chi connectivity index (χ1v) is 10.6. The minimum Gasteiger partial charge on any atom is -0.326 e. The van der Waals surface area contributed by atoms with E-state index in [9.17, 15) is 31.1 Å². The zero-order valence-electron chi connectivity index (χ0n) is 18.5. The number of hydrogen-bond donors (Lipinski definition) is 1. The van der Waals surface area contributed by atoms with Crippen molar-refractivity contribution in [2.24, 2.45) is 0 Å². The number of carbonyl (C=O) groups is 1. The normalized spacial score (nSPS) is 14.1. The molecule has 2 heterocycles. The smallest absolute Gasteiger partial charge is 0.326 e. The number of carbonyl (C=O) groups excluding carboxylic acids is 1. The summed E-state index contributed by atoms with van der Waals surface area (Å²) in [4.78, 5) is 18.0. The van der Waals surface area contributed by atoms with Crippen LogP contribution >= 0.6 is 0 Å². The lowest BCUT2D eigenvalue weighted by Crippen LogP contribution is -2.51. The van der Waals surface area contributed by atoms with Crippen LogP contribution in [0.3, 0.4) is 0 Å². The Morgan fingerprint density at radius 2 is 1.85 bits per heavy atom. The average Bonchev–Trinajstić information content (AvgIpc) is 3.23. The van der Waals surface area contributed by atoms with Crippen LogP contribution in [0.1, 0.15) is 38.3 Å². The number of urea groups is 1. The van der Waals surface area contributed by atoms with Gasteiger partial charge in [0.15, 0.2) is 0 Å². The van der Waals surface area contributed by atoms with Gasteiger partial charge in [0.2, 0.25) is 0 Å². The van der Waals surface area contributed by atoms with E-state index in [1.807, 2.05) is 34.9 Å². The van der Waals surface area contributed by atoms with Crippen molar-refractivity contribution in [2.45, 2.75) is 51.1 Å². The van der Waals surface area contributed by atoms with E-state index in [-0.39, 0.29) is 6.54 Å². The van der Waals surface area contributed by atoms with Gasteiger partial charge in [0.05, 0.1) is 6.04 Å². The maximum Gasteiger partial charge on any atom is 0.408 e. The third kappa shape index (κ3) is 6.21. The Morgan fingerprint density at radius 3 is 2.50 bits per heavy atom. The lowest BCUT2D eigenvalue weighted by molar-refractivity contribution is -0.171. The van der Waals surface area contributed by atoms with Gasteiger partial charge >= 0.3 is 18.4 Å². The molecule has 0 saturated heterocycles. The largest absolute Gasteiger partial charge is 0.408 e. The van der Waals surface area contributed by atoms with Crippen LogP contribution in [0.15, 0.2) is 55.0 Å². The molecule has 0 aliphatic rings. The van der Waals surface area contributed by atoms with Gasteiger partial charge in [-0.2, -0.15) is 26.3 Å². The number of benzene rings is 1. The quantitative estimate of drug-likeness (QED) is 0.395. The number of nitrogens with zero attached hydrogens (tertiary/aromatic N) is 3. The fraction of sp³-hybridized carbons (Fsp3) is 0.391. The van der Waals surface area contributed by atoms with E-state index < -0.39 is 43.3 Å². The Morgan fingerprint density at radius 1 is 1.12 bits per heavy atom. The zero-order chi connectivity index (χ0) is 25.1. The van der Waals surface area contributed by atoms with Crippen molar-refractivity contribution in [3.8, 4) is 11.1 Å². The van der Waals surface area contributed by atoms with Gasteiger partial charge in [0.25, 0.3) is 0 Å². The zero-order valence-corrected chi connectivity index (χ0v) is 18.5. The number of pyridine rings is 1. The van der Waals surface area contributed by atoms with E-state index in [1.54, 1.807) is 43.7 Å². The first kappa shape index (κ1) is 25.4. The number of nitrogens with one attached hydrogen (secondary N) is 1. The van der Waals surface area contributed by atoms with Crippen molar-refractivity contribution in [1.29, 1.82) is 0 Å². The molecule has 3 aromatic rings. The molecule has 0 aliphatic carbocycles. The van der Waals surface area contributed by atoms with Crippen molar-refractivity contribution < 1.29 is 31.1 Å². The topological polar surface area (TPSA) is 49.6 Å². The maximum absolute atomic E-state index is 13.3. The predicted molar refractivity (Wildman–Crippen MR) is 115 cm³/mol. The lowest BCUT2D eigenvalue weighted by atomic mass is 10.0. The van der Waals surface area contributed by atoms with Crippen molar-refractivity contribution in [2.75, 3.05) is 6.54 Å². The van der Waals surface area contributed by atoms with E-state index in [4.69, 9.17) is 0 Å². The van der Waals surface area contributed by atoms with Crippen LogP contribution in [0.2, 0.25) is 0 Å². The summed E-state index contributed by atoms with van der Waals surface area (Å²) in [6, 6.07) is 6.61. The highest BCUT2D eigenvalue weighted by molar-refractivity contribution is 5.75. The van der Waals surface area contributed by atoms with Gasteiger partial charge < -0.3 is 14.6 Å². The van der Waals surface area contributed by atoms with E-state index in [2.05, 4.69) is 4.98 Å². The molecule has 5 nitrogen and oxygen atoms in total. The van der Waals surface area contributed by atoms with Gasteiger partial charge in [-0.1, -0.05) is 18.2 Å². The SMILES string of the molecule is CCN(C(=O)NC(CCC(F)(F)F)C(F)(F)F)C(C)c1cccc(-c2ccc3nccn3c2)c1. The highest BCUT2D eigenvalue weighted by Gasteiger charge is 2.43. The van der Waals surface area contributed by atoms with Crippen LogP contribution in [0.4, 0.5) is 31.1 Å². The van der Waals surface area contributed by atoms with Crippen molar-refractivity contribution in [3.05, 3.63) is 60.6 Å². The molecule has 0 radical (unpaired) electrons. The Balaban J connectivity index is 1.79. The summed E-state index contributed by atoms with van der Waals surface area (Å²) in [7, 11) is 0. The van der Waals surface area contributed by atoms with Gasteiger partial charge in [0.1, 0.15) is 11.7 Å². The monoisotopic (exact) mass is 486 g/mol. The molecule has 1 N–H and O–H groups in total. The highest BCUT2D eigenvalue weighted by atomic mass is 19.4. The molecule has 2 atom stereocenters. The summed E-state index contributed by atoms with van der Waals surface area (Å²) in [5.74, 6) is 0. The van der Waals surface area contributed by atoms with E-state index in [1.165, 1.54) is 0 Å². The first-order valence-electron chi connectivity index (χ1n) is 10.6. The highest BCUT2D eigenvalue weighted by Crippen LogP contribution is 2.30. The molecule has 2 unspecified atom stereocenters. The molecule has 0 bridgehead atoms. The molecule has 2 aromatic heterocycles. The summed E-state index contributed by atoms with van der Waals surface area (Å²) < 4.78 is 79.0. The van der Waals surface area contributed by atoms with Crippen molar-refractivity contribution >= 4 is 11.7 Å². The average molecular weight is 486 g/mol. The summed E-state index contributed by atoms with van der Waals surface area (Å²) in [5, 5.41) is 1.75. The second-order valence-corrected chi connectivity index (χ2v) is 7.90. The van der Waals surface area contributed by atoms with Crippen LogP contribution in [0.5, 0.6) is 0 Å². The number of halogens is 6. The lowest BCUT2D eigenvalue weighted by Gasteiger charge is -2.31. The predicted octanol–water partition coefficient (Wildman–Crippen LogP) is 6.37. The molecular formula is C23H24F6N4O. The standard InChI is InChI=1S/C23H24F6N4O/c1-3-33(21(34)31-19(23(27,28)29)9-10-22(24,25)26)15(2)16-5-4-6-17(13-16)18-7-8-20-30-11-12-32(20)14-18/h4-8,11-15,19H,3,9-10H2,1-2H3,(H,31,34). The van der Waals surface area contributed by atoms with Gasteiger partial charge in [-0.25, -0.2) is 9.78 Å². The molecule has 3 rings (SSSR count). The summed E-state index contributed by atoms with van der Waals surface area (Å²) >= 11 is 0. The Kier molecular flexibility index (Phi) is 7.42. The molecule has 2 amide bonds. The van der Waals surface area contributed by atoms with E-state index in [0.29, 0.717) is 5.56 Å². The number of fused-ring (bicyclic) bond motifs is 1. The first-order chi connectivity index (χ1) is 15.9.